The molecule has 2 aromatic carbocycles. The number of benzene rings is 2. The Balaban J connectivity index is 1.93. The zero-order valence-corrected chi connectivity index (χ0v) is 23.0. The summed E-state index contributed by atoms with van der Waals surface area (Å²) < 4.78 is 46.1. The first-order chi connectivity index (χ1) is 17.9. The quantitative estimate of drug-likeness (QED) is 0.458. The molecule has 1 aliphatic heterocycles. The fraction of sp³-hybridized carbons (Fsp3) is 0.357. The third-order valence-corrected chi connectivity index (χ3v) is 8.01. The lowest BCUT2D eigenvalue weighted by Crippen LogP contribution is -2.39. The Morgan fingerprint density at radius 2 is 1.87 bits per heavy atom. The maximum Gasteiger partial charge on any atom is 0.255 e. The topological polar surface area (TPSA) is 99.9 Å². The molecule has 1 atom stereocenters. The number of anilines is 1. The number of carbonyl (C=O) groups excluding carboxylic acids is 2. The summed E-state index contributed by atoms with van der Waals surface area (Å²) in [7, 11) is -0.651. The lowest BCUT2D eigenvalue weighted by molar-refractivity contribution is -0.127. The highest BCUT2D eigenvalue weighted by Crippen LogP contribution is 2.41. The van der Waals surface area contributed by atoms with Crippen molar-refractivity contribution in [3.05, 3.63) is 65.0 Å². The summed E-state index contributed by atoms with van der Waals surface area (Å²) in [4.78, 5) is 27.6. The summed E-state index contributed by atoms with van der Waals surface area (Å²) in [6.07, 6.45) is 4.21. The lowest BCUT2D eigenvalue weighted by Gasteiger charge is -2.34. The molecule has 2 heterocycles. The van der Waals surface area contributed by atoms with Gasteiger partial charge in [-0.25, -0.2) is 12.8 Å². The summed E-state index contributed by atoms with van der Waals surface area (Å²) in [6.45, 7) is 4.76. The van der Waals surface area contributed by atoms with Gasteiger partial charge in [0.1, 0.15) is 17.2 Å². The molecule has 2 amide bonds. The number of allylic oxidation sites excluding steroid dienone is 1. The summed E-state index contributed by atoms with van der Waals surface area (Å²) >= 11 is 0. The summed E-state index contributed by atoms with van der Waals surface area (Å²) in [5, 5.41) is 3.15. The molecular formula is C28H32FN3O5S. The molecule has 8 nitrogen and oxygen atoms in total. The highest BCUT2D eigenvalue weighted by molar-refractivity contribution is 7.92. The first-order valence-corrected chi connectivity index (χ1v) is 14.2. The van der Waals surface area contributed by atoms with Crippen molar-refractivity contribution in [3.8, 4) is 11.3 Å². The van der Waals surface area contributed by atoms with Crippen molar-refractivity contribution in [2.24, 2.45) is 0 Å². The molecule has 1 N–H and O–H groups in total. The van der Waals surface area contributed by atoms with Crippen LogP contribution < -0.4 is 9.62 Å². The van der Waals surface area contributed by atoms with Crippen molar-refractivity contribution in [2.45, 2.75) is 32.6 Å². The number of halogens is 1. The summed E-state index contributed by atoms with van der Waals surface area (Å²) in [5.41, 5.74) is 3.14. The van der Waals surface area contributed by atoms with Crippen LogP contribution in [0.3, 0.4) is 0 Å². The number of sulfonamides is 1. The minimum Gasteiger partial charge on any atom is -0.455 e. The van der Waals surface area contributed by atoms with Crippen LogP contribution in [0.5, 0.6) is 0 Å². The van der Waals surface area contributed by atoms with E-state index >= 15 is 0 Å². The highest BCUT2D eigenvalue weighted by Gasteiger charge is 2.31. The number of hydrogen-bond donors (Lipinski definition) is 1. The molecule has 1 aromatic heterocycles. The number of nitrogens with one attached hydrogen (secondary N) is 1. The SMILES string of the molecule is CNC(=O)c1c(-c2ccc(F)cc2)oc2cc(N(C)S(C)(=O)=O)c(C3CCCN(C(=O)C=C(C)C)C3)cc12. The van der Waals surface area contributed by atoms with Gasteiger partial charge in [0.2, 0.25) is 15.9 Å². The summed E-state index contributed by atoms with van der Waals surface area (Å²) in [6, 6.07) is 9.04. The average Bonchev–Trinajstić information content (AvgIpc) is 3.25. The summed E-state index contributed by atoms with van der Waals surface area (Å²) in [5.74, 6) is -0.795. The molecule has 0 saturated carbocycles. The van der Waals surface area contributed by atoms with E-state index in [9.17, 15) is 22.4 Å². The predicted molar refractivity (Wildman–Crippen MR) is 146 cm³/mol. The molecule has 38 heavy (non-hydrogen) atoms. The van der Waals surface area contributed by atoms with E-state index in [-0.39, 0.29) is 29.1 Å². The minimum absolute atomic E-state index is 0.0817. The van der Waals surface area contributed by atoms with Crippen LogP contribution in [0.1, 0.15) is 48.5 Å². The highest BCUT2D eigenvalue weighted by atomic mass is 32.2. The predicted octanol–water partition coefficient (Wildman–Crippen LogP) is 4.67. The first kappa shape index (κ1) is 27.4. The Labute approximate surface area is 222 Å². The van der Waals surface area contributed by atoms with E-state index in [0.29, 0.717) is 40.9 Å². The monoisotopic (exact) mass is 541 g/mol. The molecule has 202 valence electrons. The molecule has 0 bridgehead atoms. The fourth-order valence-electron chi connectivity index (χ4n) is 4.85. The number of amides is 2. The van der Waals surface area contributed by atoms with E-state index in [0.717, 1.165) is 24.7 Å². The smallest absolute Gasteiger partial charge is 0.255 e. The number of hydrogen-bond acceptors (Lipinski definition) is 5. The van der Waals surface area contributed by atoms with E-state index in [1.165, 1.54) is 42.7 Å². The Kier molecular flexibility index (Phi) is 7.64. The average molecular weight is 542 g/mol. The number of likely N-dealkylation sites (tertiary alicyclic amines) is 1. The molecule has 1 unspecified atom stereocenters. The Hall–Kier alpha value is -3.66. The van der Waals surface area contributed by atoms with Crippen LogP contribution in [-0.4, -0.2) is 58.6 Å². The third kappa shape index (κ3) is 5.45. The Bertz CT molecular complexity index is 1520. The van der Waals surface area contributed by atoms with Gasteiger partial charge in [0.05, 0.1) is 17.5 Å². The van der Waals surface area contributed by atoms with Crippen LogP contribution in [0.4, 0.5) is 10.1 Å². The number of nitrogens with zero attached hydrogens (tertiary/aromatic N) is 2. The largest absolute Gasteiger partial charge is 0.455 e. The number of rotatable bonds is 6. The molecule has 3 aromatic rings. The van der Waals surface area contributed by atoms with Gasteiger partial charge in [-0.1, -0.05) is 5.57 Å². The van der Waals surface area contributed by atoms with Crippen LogP contribution in [0, 0.1) is 5.82 Å². The molecule has 0 spiro atoms. The molecular weight excluding hydrogens is 509 g/mol. The Morgan fingerprint density at radius 3 is 2.47 bits per heavy atom. The van der Waals surface area contributed by atoms with E-state index in [1.807, 2.05) is 13.8 Å². The molecule has 1 aliphatic rings. The van der Waals surface area contributed by atoms with Crippen molar-refractivity contribution < 1.29 is 26.8 Å². The van der Waals surface area contributed by atoms with Crippen LogP contribution >= 0.6 is 0 Å². The van der Waals surface area contributed by atoms with Crippen LogP contribution in [-0.2, 0) is 14.8 Å². The first-order valence-electron chi connectivity index (χ1n) is 12.4. The van der Waals surface area contributed by atoms with E-state index in [4.69, 9.17) is 4.42 Å². The second-order valence-electron chi connectivity index (χ2n) is 9.87. The number of piperidine rings is 1. The molecule has 1 fully saturated rings. The van der Waals surface area contributed by atoms with Gasteiger partial charge in [-0.15, -0.1) is 0 Å². The molecule has 4 rings (SSSR count). The zero-order valence-electron chi connectivity index (χ0n) is 22.2. The normalized spacial score (nSPS) is 15.8. The molecule has 0 radical (unpaired) electrons. The van der Waals surface area contributed by atoms with Crippen molar-refractivity contribution >= 4 is 38.5 Å². The van der Waals surface area contributed by atoms with Crippen molar-refractivity contribution in [3.63, 3.8) is 0 Å². The van der Waals surface area contributed by atoms with Gasteiger partial charge in [-0.05, 0) is 62.6 Å². The second kappa shape index (κ2) is 10.6. The van der Waals surface area contributed by atoms with Gasteiger partial charge in [0.25, 0.3) is 5.91 Å². The zero-order chi connectivity index (χ0) is 27.8. The van der Waals surface area contributed by atoms with E-state index in [2.05, 4.69) is 5.32 Å². The van der Waals surface area contributed by atoms with Crippen LogP contribution in [0.25, 0.3) is 22.3 Å². The van der Waals surface area contributed by atoms with Gasteiger partial charge in [0, 0.05) is 56.2 Å². The number of fused-ring (bicyclic) bond motifs is 1. The van der Waals surface area contributed by atoms with Gasteiger partial charge >= 0.3 is 0 Å². The minimum atomic E-state index is -3.63. The van der Waals surface area contributed by atoms with Crippen molar-refractivity contribution in [2.75, 3.05) is 37.7 Å². The molecule has 0 aliphatic carbocycles. The van der Waals surface area contributed by atoms with Crippen molar-refractivity contribution in [1.29, 1.82) is 0 Å². The molecule has 1 saturated heterocycles. The van der Waals surface area contributed by atoms with Gasteiger partial charge in [-0.2, -0.15) is 0 Å². The van der Waals surface area contributed by atoms with E-state index < -0.39 is 15.8 Å². The second-order valence-corrected chi connectivity index (χ2v) is 11.9. The number of carbonyl (C=O) groups is 2. The standard InChI is InChI=1S/C28H32FN3O5S/c1-17(2)13-25(33)32-12-6-7-19(16-32)21-14-22-24(15-23(21)31(4)38(5,35)36)37-27(26(22)28(34)30-3)18-8-10-20(29)11-9-18/h8-11,13-15,19H,6-7,12,16H2,1-5H3,(H,30,34). The number of furan rings is 1. The third-order valence-electron chi connectivity index (χ3n) is 6.82. The van der Waals surface area contributed by atoms with Gasteiger partial charge < -0.3 is 14.6 Å². The Morgan fingerprint density at radius 1 is 1.18 bits per heavy atom. The lowest BCUT2D eigenvalue weighted by atomic mass is 9.88. The van der Waals surface area contributed by atoms with Gasteiger partial charge in [-0.3, -0.25) is 13.9 Å². The fourth-order valence-corrected chi connectivity index (χ4v) is 5.37. The molecule has 10 heteroatoms. The maximum atomic E-state index is 13.6. The van der Waals surface area contributed by atoms with Crippen molar-refractivity contribution in [1.82, 2.24) is 10.2 Å². The van der Waals surface area contributed by atoms with Crippen LogP contribution in [0.15, 0.2) is 52.5 Å². The van der Waals surface area contributed by atoms with Gasteiger partial charge in [0.15, 0.2) is 0 Å². The maximum absolute atomic E-state index is 13.6. The van der Waals surface area contributed by atoms with E-state index in [1.54, 1.807) is 23.1 Å². The van der Waals surface area contributed by atoms with Crippen LogP contribution in [0.2, 0.25) is 0 Å².